The summed E-state index contributed by atoms with van der Waals surface area (Å²) in [6.45, 7) is 2.25. The summed E-state index contributed by atoms with van der Waals surface area (Å²) < 4.78 is 10.6. The molecule has 0 fully saturated rings. The lowest BCUT2D eigenvalue weighted by Gasteiger charge is -2.12. The molecule has 0 N–H and O–H groups in total. The summed E-state index contributed by atoms with van der Waals surface area (Å²) in [5.41, 5.74) is 1.29. The van der Waals surface area contributed by atoms with Gasteiger partial charge in [-0.05, 0) is 30.5 Å². The maximum atomic E-state index is 5.34. The van der Waals surface area contributed by atoms with Gasteiger partial charge >= 0.3 is 0 Å². The fraction of sp³-hybridized carbons (Fsp3) is 0.647. The van der Waals surface area contributed by atoms with E-state index in [1.165, 1.54) is 44.1 Å². The second-order valence-electron chi connectivity index (χ2n) is 5.19. The van der Waals surface area contributed by atoms with Gasteiger partial charge in [0.2, 0.25) is 0 Å². The highest BCUT2D eigenvalue weighted by Gasteiger charge is 2.09. The Morgan fingerprint density at radius 2 is 1.70 bits per heavy atom. The highest BCUT2D eigenvalue weighted by molar-refractivity contribution is 9.09. The number of unbranched alkanes of at least 4 members (excludes halogenated alkanes) is 4. The molecule has 0 spiro atoms. The standard InChI is InChI=1S/C17H27BrO2/c1-4-5-6-7-8-9-15(18)12-14-10-11-16(19-2)17(13-14)20-3/h10-11,13,15H,4-9,12H2,1-3H3. The molecule has 0 aliphatic carbocycles. The Kier molecular flexibility index (Phi) is 8.75. The number of ether oxygens (including phenoxy) is 2. The van der Waals surface area contributed by atoms with E-state index in [1.54, 1.807) is 14.2 Å². The molecular formula is C17H27BrO2. The van der Waals surface area contributed by atoms with Crippen LogP contribution in [0.1, 0.15) is 51.0 Å². The van der Waals surface area contributed by atoms with E-state index in [1.807, 2.05) is 6.07 Å². The van der Waals surface area contributed by atoms with Crippen molar-refractivity contribution in [3.63, 3.8) is 0 Å². The van der Waals surface area contributed by atoms with E-state index in [9.17, 15) is 0 Å². The van der Waals surface area contributed by atoms with E-state index in [4.69, 9.17) is 9.47 Å². The third kappa shape index (κ3) is 6.17. The summed E-state index contributed by atoms with van der Waals surface area (Å²) in [5.74, 6) is 1.61. The molecule has 20 heavy (non-hydrogen) atoms. The summed E-state index contributed by atoms with van der Waals surface area (Å²) in [5, 5.41) is 0. The molecular weight excluding hydrogens is 316 g/mol. The third-order valence-corrected chi connectivity index (χ3v) is 4.31. The Balaban J connectivity index is 2.39. The number of hydrogen-bond acceptors (Lipinski definition) is 2. The van der Waals surface area contributed by atoms with Crippen molar-refractivity contribution in [1.82, 2.24) is 0 Å². The van der Waals surface area contributed by atoms with Crippen molar-refractivity contribution in [2.45, 2.75) is 56.7 Å². The largest absolute Gasteiger partial charge is 0.493 e. The Morgan fingerprint density at radius 3 is 2.35 bits per heavy atom. The molecule has 0 saturated heterocycles. The first-order chi connectivity index (χ1) is 9.71. The van der Waals surface area contributed by atoms with Crippen LogP contribution in [-0.2, 0) is 6.42 Å². The molecule has 0 aliphatic rings. The van der Waals surface area contributed by atoms with Gasteiger partial charge in [-0.2, -0.15) is 0 Å². The minimum absolute atomic E-state index is 0.544. The monoisotopic (exact) mass is 342 g/mol. The Hall–Kier alpha value is -0.700. The molecule has 0 aromatic heterocycles. The van der Waals surface area contributed by atoms with Crippen LogP contribution < -0.4 is 9.47 Å². The molecule has 0 radical (unpaired) electrons. The SMILES string of the molecule is CCCCCCCC(Br)Cc1ccc(OC)c(OC)c1. The smallest absolute Gasteiger partial charge is 0.160 e. The van der Waals surface area contributed by atoms with E-state index in [2.05, 4.69) is 35.0 Å². The van der Waals surface area contributed by atoms with Gasteiger partial charge in [-0.15, -0.1) is 0 Å². The van der Waals surface area contributed by atoms with Gasteiger partial charge in [0.25, 0.3) is 0 Å². The second kappa shape index (κ2) is 10.1. The zero-order chi connectivity index (χ0) is 14.8. The van der Waals surface area contributed by atoms with Crippen LogP contribution in [0.25, 0.3) is 0 Å². The molecule has 1 aromatic rings. The molecule has 0 saturated carbocycles. The lowest BCUT2D eigenvalue weighted by atomic mass is 10.0. The number of benzene rings is 1. The van der Waals surface area contributed by atoms with Gasteiger partial charge in [-0.3, -0.25) is 0 Å². The van der Waals surface area contributed by atoms with Crippen molar-refractivity contribution in [2.24, 2.45) is 0 Å². The maximum absolute atomic E-state index is 5.34. The van der Waals surface area contributed by atoms with Gasteiger partial charge < -0.3 is 9.47 Å². The van der Waals surface area contributed by atoms with Crippen LogP contribution in [0, 0.1) is 0 Å². The molecule has 0 amide bonds. The highest BCUT2D eigenvalue weighted by atomic mass is 79.9. The number of hydrogen-bond donors (Lipinski definition) is 0. The number of rotatable bonds is 10. The van der Waals surface area contributed by atoms with Gasteiger partial charge in [0.05, 0.1) is 14.2 Å². The highest BCUT2D eigenvalue weighted by Crippen LogP contribution is 2.29. The number of halogens is 1. The van der Waals surface area contributed by atoms with Crippen LogP contribution in [-0.4, -0.2) is 19.0 Å². The molecule has 0 aliphatic heterocycles. The van der Waals surface area contributed by atoms with E-state index >= 15 is 0 Å². The average molecular weight is 343 g/mol. The van der Waals surface area contributed by atoms with Gasteiger partial charge in [0.15, 0.2) is 11.5 Å². The van der Waals surface area contributed by atoms with E-state index in [-0.39, 0.29) is 0 Å². The van der Waals surface area contributed by atoms with Gasteiger partial charge in [-0.25, -0.2) is 0 Å². The number of methoxy groups -OCH3 is 2. The molecule has 2 nitrogen and oxygen atoms in total. The molecule has 1 rings (SSSR count). The molecule has 0 bridgehead atoms. The fourth-order valence-corrected chi connectivity index (χ4v) is 3.03. The molecule has 1 atom stereocenters. The van der Waals surface area contributed by atoms with E-state index in [0.717, 1.165) is 17.9 Å². The quantitative estimate of drug-likeness (QED) is 0.420. The average Bonchev–Trinajstić information content (AvgIpc) is 2.46. The molecule has 3 heteroatoms. The zero-order valence-corrected chi connectivity index (χ0v) is 14.5. The predicted octanol–water partition coefficient (Wildman–Crippen LogP) is 5.37. The van der Waals surface area contributed by atoms with Crippen LogP contribution in [0.3, 0.4) is 0 Å². The first-order valence-electron chi connectivity index (χ1n) is 7.56. The van der Waals surface area contributed by atoms with Crippen molar-refractivity contribution in [2.75, 3.05) is 14.2 Å². The molecule has 0 heterocycles. The van der Waals surface area contributed by atoms with E-state index in [0.29, 0.717) is 4.83 Å². The minimum Gasteiger partial charge on any atom is -0.493 e. The van der Waals surface area contributed by atoms with Crippen molar-refractivity contribution in [1.29, 1.82) is 0 Å². The van der Waals surface area contributed by atoms with Crippen LogP contribution in [0.4, 0.5) is 0 Å². The lowest BCUT2D eigenvalue weighted by molar-refractivity contribution is 0.354. The predicted molar refractivity (Wildman–Crippen MR) is 89.3 cm³/mol. The Labute approximate surface area is 132 Å². The van der Waals surface area contributed by atoms with E-state index < -0.39 is 0 Å². The number of alkyl halides is 1. The van der Waals surface area contributed by atoms with Crippen molar-refractivity contribution in [3.05, 3.63) is 23.8 Å². The summed E-state index contributed by atoms with van der Waals surface area (Å²) in [7, 11) is 3.35. The van der Waals surface area contributed by atoms with Crippen LogP contribution in [0.2, 0.25) is 0 Å². The molecule has 1 aromatic carbocycles. The van der Waals surface area contributed by atoms with Crippen LogP contribution >= 0.6 is 15.9 Å². The molecule has 1 unspecified atom stereocenters. The summed E-state index contributed by atoms with van der Waals surface area (Å²) >= 11 is 3.79. The van der Waals surface area contributed by atoms with Crippen LogP contribution in [0.15, 0.2) is 18.2 Å². The van der Waals surface area contributed by atoms with Crippen molar-refractivity contribution < 1.29 is 9.47 Å². The van der Waals surface area contributed by atoms with Crippen molar-refractivity contribution in [3.8, 4) is 11.5 Å². The maximum Gasteiger partial charge on any atom is 0.160 e. The normalized spacial score (nSPS) is 12.2. The Morgan fingerprint density at radius 1 is 1.00 bits per heavy atom. The summed E-state index contributed by atoms with van der Waals surface area (Å²) in [4.78, 5) is 0.544. The van der Waals surface area contributed by atoms with Gasteiger partial charge in [0, 0.05) is 4.83 Å². The van der Waals surface area contributed by atoms with Gasteiger partial charge in [-0.1, -0.05) is 61.0 Å². The Bertz CT molecular complexity index is 379. The first kappa shape index (κ1) is 17.4. The minimum atomic E-state index is 0.544. The van der Waals surface area contributed by atoms with Gasteiger partial charge in [0.1, 0.15) is 0 Å². The first-order valence-corrected chi connectivity index (χ1v) is 8.47. The molecule has 114 valence electrons. The summed E-state index contributed by atoms with van der Waals surface area (Å²) in [6, 6.07) is 6.17. The summed E-state index contributed by atoms with van der Waals surface area (Å²) in [6.07, 6.45) is 8.97. The van der Waals surface area contributed by atoms with Crippen LogP contribution in [0.5, 0.6) is 11.5 Å². The van der Waals surface area contributed by atoms with Crippen molar-refractivity contribution >= 4 is 15.9 Å². The topological polar surface area (TPSA) is 18.5 Å². The second-order valence-corrected chi connectivity index (χ2v) is 6.49. The fourth-order valence-electron chi connectivity index (χ4n) is 2.33. The zero-order valence-electron chi connectivity index (χ0n) is 13.0. The lowest BCUT2D eigenvalue weighted by Crippen LogP contribution is -2.03. The third-order valence-electron chi connectivity index (χ3n) is 3.53.